The van der Waals surface area contributed by atoms with Crippen molar-refractivity contribution in [2.75, 3.05) is 0 Å². The van der Waals surface area contributed by atoms with Crippen LogP contribution >= 0.6 is 15.9 Å². The predicted molar refractivity (Wildman–Crippen MR) is 69.0 cm³/mol. The molecule has 0 atom stereocenters. The van der Waals surface area contributed by atoms with Crippen LogP contribution in [0.25, 0.3) is 0 Å². The summed E-state index contributed by atoms with van der Waals surface area (Å²) >= 11 is 3.46. The molecule has 0 spiro atoms. The van der Waals surface area contributed by atoms with Gasteiger partial charge >= 0.3 is 0 Å². The van der Waals surface area contributed by atoms with Gasteiger partial charge in [0.05, 0.1) is 5.69 Å². The lowest BCUT2D eigenvalue weighted by atomic mass is 9.49. The number of aromatic nitrogens is 1. The van der Waals surface area contributed by atoms with Crippen molar-refractivity contribution in [3.63, 3.8) is 0 Å². The van der Waals surface area contributed by atoms with Crippen LogP contribution in [0.2, 0.25) is 0 Å². The highest BCUT2D eigenvalue weighted by Gasteiger charge is 2.53. The molecule has 0 N–H and O–H groups in total. The van der Waals surface area contributed by atoms with E-state index in [0.29, 0.717) is 5.41 Å². The Hall–Kier alpha value is -0.310. The highest BCUT2D eigenvalue weighted by atomic mass is 79.9. The van der Waals surface area contributed by atoms with E-state index in [4.69, 9.17) is 4.52 Å². The van der Waals surface area contributed by atoms with Crippen LogP contribution in [0.4, 0.5) is 0 Å². The van der Waals surface area contributed by atoms with Crippen molar-refractivity contribution in [2.24, 2.45) is 17.8 Å². The van der Waals surface area contributed by atoms with E-state index in [1.165, 1.54) is 44.3 Å². The van der Waals surface area contributed by atoms with Gasteiger partial charge < -0.3 is 4.52 Å². The molecule has 92 valence electrons. The number of hydrogen-bond donors (Lipinski definition) is 0. The van der Waals surface area contributed by atoms with E-state index in [-0.39, 0.29) is 0 Å². The fourth-order valence-electron chi connectivity index (χ4n) is 5.04. The second kappa shape index (κ2) is 3.59. The minimum absolute atomic E-state index is 0.363. The summed E-state index contributed by atoms with van der Waals surface area (Å²) in [5.74, 6) is 4.10. The summed E-state index contributed by atoms with van der Waals surface area (Å²) in [6.07, 6.45) is 8.53. The number of alkyl halides is 1. The van der Waals surface area contributed by atoms with Crippen molar-refractivity contribution in [3.8, 4) is 0 Å². The van der Waals surface area contributed by atoms with Gasteiger partial charge in [0.2, 0.25) is 0 Å². The minimum atomic E-state index is 0.363. The molecule has 0 amide bonds. The van der Waals surface area contributed by atoms with Gasteiger partial charge in [0.25, 0.3) is 0 Å². The summed E-state index contributed by atoms with van der Waals surface area (Å²) < 4.78 is 5.66. The Morgan fingerprint density at radius 3 is 2.24 bits per heavy atom. The Kier molecular flexibility index (Phi) is 2.24. The number of hydrogen-bond acceptors (Lipinski definition) is 2. The summed E-state index contributed by atoms with van der Waals surface area (Å²) in [7, 11) is 0. The summed E-state index contributed by atoms with van der Waals surface area (Å²) in [5, 5.41) is 4.98. The molecule has 0 saturated heterocycles. The standard InChI is InChI=1S/C14H18BrNO/c15-8-12-4-13(17-16-12)14-5-9-1-10(6-14)3-11(2-9)7-14/h4,9-11H,1-3,5-8H2. The summed E-state index contributed by atoms with van der Waals surface area (Å²) in [4.78, 5) is 0. The number of rotatable bonds is 2. The Morgan fingerprint density at radius 1 is 1.18 bits per heavy atom. The van der Waals surface area contributed by atoms with E-state index in [9.17, 15) is 0 Å². The molecule has 1 aromatic rings. The highest BCUT2D eigenvalue weighted by Crippen LogP contribution is 2.60. The van der Waals surface area contributed by atoms with Gasteiger partial charge in [-0.3, -0.25) is 0 Å². The molecular formula is C14H18BrNO. The van der Waals surface area contributed by atoms with Crippen molar-refractivity contribution >= 4 is 15.9 Å². The maximum absolute atomic E-state index is 5.66. The largest absolute Gasteiger partial charge is 0.361 e. The zero-order valence-corrected chi connectivity index (χ0v) is 11.6. The van der Waals surface area contributed by atoms with Crippen LogP contribution in [0, 0.1) is 17.8 Å². The quantitative estimate of drug-likeness (QED) is 0.770. The fraction of sp³-hybridized carbons (Fsp3) is 0.786. The Labute approximate surface area is 110 Å². The molecule has 4 bridgehead atoms. The van der Waals surface area contributed by atoms with Gasteiger partial charge in [0.15, 0.2) is 0 Å². The molecule has 2 nitrogen and oxygen atoms in total. The van der Waals surface area contributed by atoms with Crippen LogP contribution in [-0.4, -0.2) is 5.16 Å². The highest BCUT2D eigenvalue weighted by molar-refractivity contribution is 9.08. The lowest BCUT2D eigenvalue weighted by Gasteiger charge is -2.55. The number of nitrogens with zero attached hydrogens (tertiary/aromatic N) is 1. The van der Waals surface area contributed by atoms with Gasteiger partial charge in [-0.2, -0.15) is 0 Å². The fourth-order valence-corrected chi connectivity index (χ4v) is 5.30. The van der Waals surface area contributed by atoms with E-state index in [0.717, 1.165) is 28.8 Å². The first-order chi connectivity index (χ1) is 8.27. The Bertz CT molecular complexity index is 404. The lowest BCUT2D eigenvalue weighted by Crippen LogP contribution is -2.48. The zero-order valence-electron chi connectivity index (χ0n) is 9.99. The van der Waals surface area contributed by atoms with E-state index in [1.54, 1.807) is 0 Å². The first kappa shape index (κ1) is 10.6. The maximum atomic E-state index is 5.66. The summed E-state index contributed by atoms with van der Waals surface area (Å²) in [5.41, 5.74) is 1.41. The predicted octanol–water partition coefficient (Wildman–Crippen LogP) is 4.04. The van der Waals surface area contributed by atoms with Crippen LogP contribution in [0.5, 0.6) is 0 Å². The second-order valence-electron chi connectivity index (χ2n) is 6.51. The van der Waals surface area contributed by atoms with Gasteiger partial charge in [0, 0.05) is 16.8 Å². The normalized spacial score (nSPS) is 43.2. The van der Waals surface area contributed by atoms with E-state index in [1.807, 2.05) is 0 Å². The van der Waals surface area contributed by atoms with E-state index < -0.39 is 0 Å². The third kappa shape index (κ3) is 1.54. The molecule has 1 aromatic heterocycles. The monoisotopic (exact) mass is 295 g/mol. The van der Waals surface area contributed by atoms with E-state index in [2.05, 4.69) is 27.2 Å². The van der Waals surface area contributed by atoms with Gasteiger partial charge in [-0.05, 0) is 56.3 Å². The Morgan fingerprint density at radius 2 is 1.76 bits per heavy atom. The third-order valence-corrected chi connectivity index (χ3v) is 5.83. The first-order valence-electron chi connectivity index (χ1n) is 6.79. The van der Waals surface area contributed by atoms with Crippen LogP contribution in [-0.2, 0) is 10.7 Å². The molecule has 4 aliphatic carbocycles. The smallest absolute Gasteiger partial charge is 0.143 e. The molecular weight excluding hydrogens is 278 g/mol. The molecule has 17 heavy (non-hydrogen) atoms. The lowest BCUT2D eigenvalue weighted by molar-refractivity contribution is -0.0175. The molecule has 3 heteroatoms. The topological polar surface area (TPSA) is 26.0 Å². The van der Waals surface area contributed by atoms with Crippen molar-refractivity contribution in [1.82, 2.24) is 5.16 Å². The van der Waals surface area contributed by atoms with Crippen LogP contribution in [0.1, 0.15) is 50.0 Å². The molecule has 4 saturated carbocycles. The van der Waals surface area contributed by atoms with Crippen molar-refractivity contribution in [1.29, 1.82) is 0 Å². The number of halogens is 1. The van der Waals surface area contributed by atoms with Gasteiger partial charge in [-0.25, -0.2) is 0 Å². The maximum Gasteiger partial charge on any atom is 0.143 e. The van der Waals surface area contributed by atoms with Gasteiger partial charge in [0.1, 0.15) is 5.76 Å². The Balaban J connectivity index is 1.72. The first-order valence-corrected chi connectivity index (χ1v) is 7.91. The SMILES string of the molecule is BrCc1cc(C23CC4CC(CC(C4)C2)C3)on1. The molecule has 0 aliphatic heterocycles. The van der Waals surface area contributed by atoms with Gasteiger partial charge in [-0.1, -0.05) is 21.1 Å². The molecule has 4 aliphatic rings. The average molecular weight is 296 g/mol. The van der Waals surface area contributed by atoms with Crippen molar-refractivity contribution in [2.45, 2.75) is 49.3 Å². The summed E-state index contributed by atoms with van der Waals surface area (Å²) in [6, 6.07) is 2.20. The van der Waals surface area contributed by atoms with Gasteiger partial charge in [-0.15, -0.1) is 0 Å². The summed E-state index contributed by atoms with van der Waals surface area (Å²) in [6.45, 7) is 0. The molecule has 4 fully saturated rings. The van der Waals surface area contributed by atoms with Crippen molar-refractivity contribution < 1.29 is 4.52 Å². The van der Waals surface area contributed by atoms with Crippen molar-refractivity contribution in [3.05, 3.63) is 17.5 Å². The molecule has 5 rings (SSSR count). The molecule has 0 unspecified atom stereocenters. The molecule has 1 heterocycles. The molecule has 0 radical (unpaired) electrons. The van der Waals surface area contributed by atoms with Crippen LogP contribution in [0.15, 0.2) is 10.6 Å². The minimum Gasteiger partial charge on any atom is -0.361 e. The third-order valence-electron chi connectivity index (χ3n) is 5.26. The van der Waals surface area contributed by atoms with E-state index >= 15 is 0 Å². The van der Waals surface area contributed by atoms with Crippen LogP contribution < -0.4 is 0 Å². The second-order valence-corrected chi connectivity index (χ2v) is 7.07. The molecule has 0 aromatic carbocycles. The van der Waals surface area contributed by atoms with Crippen LogP contribution in [0.3, 0.4) is 0 Å². The average Bonchev–Trinajstić information content (AvgIpc) is 2.76. The zero-order chi connectivity index (χ0) is 11.5.